The topological polar surface area (TPSA) is 35.5 Å². The lowest BCUT2D eigenvalue weighted by Crippen LogP contribution is -2.05. The van der Waals surface area contributed by atoms with Gasteiger partial charge in [-0.15, -0.1) is 0 Å². The molecule has 0 fully saturated rings. The highest BCUT2D eigenvalue weighted by Crippen LogP contribution is 2.29. The van der Waals surface area contributed by atoms with E-state index in [0.717, 1.165) is 10.9 Å². The molecule has 0 spiro atoms. The van der Waals surface area contributed by atoms with Crippen molar-refractivity contribution < 1.29 is 14.3 Å². The lowest BCUT2D eigenvalue weighted by Gasteiger charge is -2.12. The lowest BCUT2D eigenvalue weighted by atomic mass is 10.0. The van der Waals surface area contributed by atoms with Crippen molar-refractivity contribution in [3.8, 4) is 11.5 Å². The summed E-state index contributed by atoms with van der Waals surface area (Å²) in [6.45, 7) is 0.542. The van der Waals surface area contributed by atoms with Crippen LogP contribution in [0, 0.1) is 0 Å². The molecule has 0 radical (unpaired) electrons. The summed E-state index contributed by atoms with van der Waals surface area (Å²) in [6, 6.07) is 22.7. The number of hydrogen-bond donors (Lipinski definition) is 0. The van der Waals surface area contributed by atoms with Gasteiger partial charge in [0.1, 0.15) is 0 Å². The number of methoxy groups -OCH3 is 1. The van der Waals surface area contributed by atoms with Crippen LogP contribution in [0.4, 0.5) is 0 Å². The zero-order valence-electron chi connectivity index (χ0n) is 14.4. The third-order valence-corrected chi connectivity index (χ3v) is 4.55. The largest absolute Gasteiger partial charge is 0.493 e. The van der Waals surface area contributed by atoms with Gasteiger partial charge < -0.3 is 9.47 Å². The Bertz CT molecular complexity index is 874. The fraction of sp³-hybridized carbons (Fsp3) is 0.136. The third kappa shape index (κ3) is 4.52. The molecule has 0 saturated carbocycles. The first kappa shape index (κ1) is 18.2. The second-order valence-corrected chi connectivity index (χ2v) is 6.70. The second-order valence-electron chi connectivity index (χ2n) is 5.79. The van der Waals surface area contributed by atoms with Crippen LogP contribution in [0.1, 0.15) is 21.5 Å². The zero-order valence-corrected chi connectivity index (χ0v) is 16.0. The first-order valence-electron chi connectivity index (χ1n) is 8.32. The molecule has 0 unspecified atom stereocenters. The third-order valence-electron chi connectivity index (χ3n) is 4.02. The summed E-state index contributed by atoms with van der Waals surface area (Å²) in [5.74, 6) is 1.14. The maximum absolute atomic E-state index is 12.6. The van der Waals surface area contributed by atoms with Gasteiger partial charge in [-0.2, -0.15) is 0 Å². The second kappa shape index (κ2) is 8.68. The maximum atomic E-state index is 12.6. The summed E-state index contributed by atoms with van der Waals surface area (Å²) in [7, 11) is 1.58. The van der Waals surface area contributed by atoms with Crippen LogP contribution in [0.5, 0.6) is 11.5 Å². The van der Waals surface area contributed by atoms with Crippen LogP contribution in [0.2, 0.25) is 0 Å². The van der Waals surface area contributed by atoms with Gasteiger partial charge in [-0.25, -0.2) is 0 Å². The quantitative estimate of drug-likeness (QED) is 0.495. The van der Waals surface area contributed by atoms with Crippen LogP contribution in [0.3, 0.4) is 0 Å². The van der Waals surface area contributed by atoms with E-state index < -0.39 is 0 Å². The van der Waals surface area contributed by atoms with Crippen molar-refractivity contribution in [2.45, 2.75) is 6.42 Å². The Morgan fingerprint density at radius 1 is 0.885 bits per heavy atom. The van der Waals surface area contributed by atoms with Gasteiger partial charge in [0.25, 0.3) is 0 Å². The van der Waals surface area contributed by atoms with E-state index in [1.807, 2.05) is 30.3 Å². The Balaban J connectivity index is 1.71. The fourth-order valence-corrected chi connectivity index (χ4v) is 2.88. The van der Waals surface area contributed by atoms with E-state index in [9.17, 15) is 4.79 Å². The molecule has 0 saturated heterocycles. The van der Waals surface area contributed by atoms with E-state index in [2.05, 4.69) is 28.1 Å². The number of halogens is 1. The molecule has 0 N–H and O–H groups in total. The lowest BCUT2D eigenvalue weighted by molar-refractivity contribution is 0.103. The van der Waals surface area contributed by atoms with E-state index in [4.69, 9.17) is 9.47 Å². The summed E-state index contributed by atoms with van der Waals surface area (Å²) in [5.41, 5.74) is 2.42. The van der Waals surface area contributed by atoms with Gasteiger partial charge >= 0.3 is 0 Å². The number of ketones is 1. The number of benzene rings is 3. The van der Waals surface area contributed by atoms with Crippen molar-refractivity contribution in [2.24, 2.45) is 0 Å². The Labute approximate surface area is 161 Å². The van der Waals surface area contributed by atoms with E-state index in [-0.39, 0.29) is 5.78 Å². The highest BCUT2D eigenvalue weighted by Gasteiger charge is 2.13. The van der Waals surface area contributed by atoms with Crippen LogP contribution >= 0.6 is 15.9 Å². The van der Waals surface area contributed by atoms with E-state index in [0.29, 0.717) is 29.2 Å². The summed E-state index contributed by atoms with van der Waals surface area (Å²) in [5, 5.41) is 0. The van der Waals surface area contributed by atoms with Crippen molar-refractivity contribution in [1.82, 2.24) is 0 Å². The first-order valence-corrected chi connectivity index (χ1v) is 9.11. The molecule has 0 aliphatic heterocycles. The number of carbonyl (C=O) groups excluding carboxylic acids is 1. The van der Waals surface area contributed by atoms with Gasteiger partial charge in [-0.1, -0.05) is 46.3 Å². The summed E-state index contributed by atoms with van der Waals surface area (Å²) in [4.78, 5) is 12.6. The van der Waals surface area contributed by atoms with Crippen LogP contribution in [-0.2, 0) is 6.42 Å². The van der Waals surface area contributed by atoms with Crippen LogP contribution in [0.25, 0.3) is 0 Å². The molecule has 3 nitrogen and oxygen atoms in total. The van der Waals surface area contributed by atoms with Gasteiger partial charge in [0, 0.05) is 22.0 Å². The molecule has 0 aliphatic carbocycles. The minimum absolute atomic E-state index is 0.0494. The average Bonchev–Trinajstić information content (AvgIpc) is 2.69. The van der Waals surface area contributed by atoms with Gasteiger partial charge in [-0.3, -0.25) is 4.79 Å². The van der Waals surface area contributed by atoms with Gasteiger partial charge in [-0.05, 0) is 48.0 Å². The van der Waals surface area contributed by atoms with E-state index in [1.165, 1.54) is 5.56 Å². The van der Waals surface area contributed by atoms with Crippen LogP contribution in [-0.4, -0.2) is 19.5 Å². The van der Waals surface area contributed by atoms with Gasteiger partial charge in [0.15, 0.2) is 17.3 Å². The molecule has 0 atom stereocenters. The molecule has 0 aromatic heterocycles. The molecule has 0 heterocycles. The summed E-state index contributed by atoms with van der Waals surface area (Å²) in [6.07, 6.45) is 0.809. The van der Waals surface area contributed by atoms with Gasteiger partial charge in [0.2, 0.25) is 0 Å². The molecule has 0 amide bonds. The molecule has 0 bridgehead atoms. The van der Waals surface area contributed by atoms with E-state index in [1.54, 1.807) is 37.4 Å². The fourth-order valence-electron chi connectivity index (χ4n) is 2.62. The number of hydrogen-bond acceptors (Lipinski definition) is 3. The van der Waals surface area contributed by atoms with Crippen LogP contribution < -0.4 is 9.47 Å². The monoisotopic (exact) mass is 410 g/mol. The predicted octanol–water partition coefficient (Wildman–Crippen LogP) is 5.31. The molecular weight excluding hydrogens is 392 g/mol. The SMILES string of the molecule is COc1cc(C(=O)c2ccc(Br)cc2)ccc1OCCc1ccccc1. The van der Waals surface area contributed by atoms with Crippen molar-refractivity contribution in [1.29, 1.82) is 0 Å². The molecule has 132 valence electrons. The Kier molecular flexibility index (Phi) is 6.08. The van der Waals surface area contributed by atoms with Crippen LogP contribution in [0.15, 0.2) is 77.3 Å². The molecular formula is C22H19BrO3. The Hall–Kier alpha value is -2.59. The summed E-state index contributed by atoms with van der Waals surface area (Å²) >= 11 is 3.38. The maximum Gasteiger partial charge on any atom is 0.193 e. The van der Waals surface area contributed by atoms with Crippen molar-refractivity contribution >= 4 is 21.7 Å². The molecule has 4 heteroatoms. The smallest absolute Gasteiger partial charge is 0.193 e. The highest BCUT2D eigenvalue weighted by molar-refractivity contribution is 9.10. The minimum Gasteiger partial charge on any atom is -0.493 e. The molecule has 0 aliphatic rings. The van der Waals surface area contributed by atoms with Crippen molar-refractivity contribution in [3.05, 3.63) is 94.0 Å². The van der Waals surface area contributed by atoms with Crippen molar-refractivity contribution in [2.75, 3.05) is 13.7 Å². The number of rotatable bonds is 7. The zero-order chi connectivity index (χ0) is 18.4. The Morgan fingerprint density at radius 2 is 1.58 bits per heavy atom. The molecule has 3 aromatic rings. The Morgan fingerprint density at radius 3 is 2.27 bits per heavy atom. The number of ether oxygens (including phenoxy) is 2. The minimum atomic E-state index is -0.0494. The normalized spacial score (nSPS) is 10.4. The molecule has 3 rings (SSSR count). The molecule has 26 heavy (non-hydrogen) atoms. The molecule has 3 aromatic carbocycles. The van der Waals surface area contributed by atoms with E-state index >= 15 is 0 Å². The standard InChI is InChI=1S/C22H19BrO3/c1-25-21-15-18(22(24)17-7-10-19(23)11-8-17)9-12-20(21)26-14-13-16-5-3-2-4-6-16/h2-12,15H,13-14H2,1H3. The average molecular weight is 411 g/mol. The highest BCUT2D eigenvalue weighted by atomic mass is 79.9. The predicted molar refractivity (Wildman–Crippen MR) is 106 cm³/mol. The van der Waals surface area contributed by atoms with Crippen molar-refractivity contribution in [3.63, 3.8) is 0 Å². The first-order chi connectivity index (χ1) is 12.7. The summed E-state index contributed by atoms with van der Waals surface area (Å²) < 4.78 is 12.2. The van der Waals surface area contributed by atoms with Gasteiger partial charge in [0.05, 0.1) is 13.7 Å². The number of carbonyl (C=O) groups is 1.